The Morgan fingerprint density at radius 2 is 1.81 bits per heavy atom. The predicted molar refractivity (Wildman–Crippen MR) is 103 cm³/mol. The number of nitro groups is 1. The molecular formula is C19H18F3N3O7. The van der Waals surface area contributed by atoms with Gasteiger partial charge in [0.2, 0.25) is 0 Å². The number of halogens is 3. The molecule has 2 N–H and O–H groups in total. The average molecular weight is 457 g/mol. The second kappa shape index (κ2) is 9.49. The summed E-state index contributed by atoms with van der Waals surface area (Å²) in [5.74, 6) is -2.65. The van der Waals surface area contributed by atoms with Crippen LogP contribution in [0.2, 0.25) is 0 Å². The van der Waals surface area contributed by atoms with E-state index < -0.39 is 52.5 Å². The predicted octanol–water partition coefficient (Wildman–Crippen LogP) is 3.53. The molecule has 1 amide bonds. The number of esters is 2. The highest BCUT2D eigenvalue weighted by molar-refractivity contribution is 6.00. The average Bonchev–Trinajstić information content (AvgIpc) is 3.00. The number of aromatic nitrogens is 1. The van der Waals surface area contributed by atoms with Crippen molar-refractivity contribution in [2.75, 3.05) is 18.5 Å². The molecule has 0 saturated heterocycles. The van der Waals surface area contributed by atoms with Crippen molar-refractivity contribution < 1.29 is 42.0 Å². The molecule has 0 spiro atoms. The van der Waals surface area contributed by atoms with Crippen molar-refractivity contribution >= 4 is 29.2 Å². The zero-order chi connectivity index (χ0) is 24.2. The number of alkyl halides is 3. The van der Waals surface area contributed by atoms with Crippen LogP contribution in [-0.2, 0) is 20.4 Å². The number of nitrogens with one attached hydrogen (secondary N) is 2. The van der Waals surface area contributed by atoms with Crippen LogP contribution in [0.1, 0.15) is 44.6 Å². The number of rotatable bonds is 7. The van der Waals surface area contributed by atoms with E-state index in [4.69, 9.17) is 9.47 Å². The Kier molecular flexibility index (Phi) is 7.23. The molecule has 2 aromatic rings. The number of benzene rings is 1. The first-order chi connectivity index (χ1) is 14.9. The van der Waals surface area contributed by atoms with Crippen molar-refractivity contribution in [1.82, 2.24) is 4.98 Å². The summed E-state index contributed by atoms with van der Waals surface area (Å²) in [7, 11) is 0. The molecule has 0 aliphatic heterocycles. The van der Waals surface area contributed by atoms with Gasteiger partial charge in [-0.05, 0) is 38.5 Å². The van der Waals surface area contributed by atoms with Gasteiger partial charge in [-0.25, -0.2) is 9.59 Å². The van der Waals surface area contributed by atoms with Gasteiger partial charge in [-0.1, -0.05) is 0 Å². The number of hydrogen-bond donors (Lipinski definition) is 2. The summed E-state index contributed by atoms with van der Waals surface area (Å²) in [6, 6.07) is 1.58. The van der Waals surface area contributed by atoms with Crippen LogP contribution in [0.4, 0.5) is 24.5 Å². The Balaban J connectivity index is 2.12. The monoisotopic (exact) mass is 457 g/mol. The van der Waals surface area contributed by atoms with E-state index in [1.54, 1.807) is 6.92 Å². The van der Waals surface area contributed by atoms with Crippen LogP contribution in [0.25, 0.3) is 0 Å². The molecule has 0 atom stereocenters. The molecule has 10 nitrogen and oxygen atoms in total. The normalized spacial score (nSPS) is 11.1. The fourth-order valence-corrected chi connectivity index (χ4v) is 2.82. The zero-order valence-electron chi connectivity index (χ0n) is 17.1. The first-order valence-electron chi connectivity index (χ1n) is 9.05. The van der Waals surface area contributed by atoms with Crippen molar-refractivity contribution in [3.8, 4) is 0 Å². The van der Waals surface area contributed by atoms with Crippen molar-refractivity contribution in [3.05, 3.63) is 56.4 Å². The summed E-state index contributed by atoms with van der Waals surface area (Å²) < 4.78 is 48.0. The van der Waals surface area contributed by atoms with Gasteiger partial charge in [-0.3, -0.25) is 14.9 Å². The Bertz CT molecular complexity index is 1080. The molecule has 0 fully saturated rings. The second-order valence-electron chi connectivity index (χ2n) is 6.46. The Morgan fingerprint density at radius 3 is 2.38 bits per heavy atom. The number of nitrogens with zero attached hydrogens (tertiary/aromatic N) is 1. The second-order valence-corrected chi connectivity index (χ2v) is 6.46. The third-order valence-electron chi connectivity index (χ3n) is 4.25. The Morgan fingerprint density at radius 1 is 1.16 bits per heavy atom. The van der Waals surface area contributed by atoms with E-state index in [-0.39, 0.29) is 35.2 Å². The van der Waals surface area contributed by atoms with Gasteiger partial charge < -0.3 is 19.8 Å². The summed E-state index contributed by atoms with van der Waals surface area (Å²) in [4.78, 5) is 49.0. The summed E-state index contributed by atoms with van der Waals surface area (Å²) in [6.07, 6.45) is -4.81. The highest BCUT2D eigenvalue weighted by Gasteiger charge is 2.33. The van der Waals surface area contributed by atoms with Gasteiger partial charge in [0.05, 0.1) is 22.7 Å². The van der Waals surface area contributed by atoms with Crippen molar-refractivity contribution in [1.29, 1.82) is 0 Å². The van der Waals surface area contributed by atoms with Crippen LogP contribution in [0.5, 0.6) is 0 Å². The zero-order valence-corrected chi connectivity index (χ0v) is 17.1. The van der Waals surface area contributed by atoms with E-state index >= 15 is 0 Å². The lowest BCUT2D eigenvalue weighted by atomic mass is 10.1. The van der Waals surface area contributed by atoms with Crippen molar-refractivity contribution in [3.63, 3.8) is 0 Å². The van der Waals surface area contributed by atoms with Gasteiger partial charge >= 0.3 is 18.1 Å². The summed E-state index contributed by atoms with van der Waals surface area (Å²) >= 11 is 0. The SMILES string of the molecule is CCOC(=O)c1[nH]c(C)c(C(=O)OCC(=O)Nc2ccc(C(F)(F)F)cc2[N+](=O)[O-])c1C. The molecule has 32 heavy (non-hydrogen) atoms. The first-order valence-corrected chi connectivity index (χ1v) is 9.05. The maximum Gasteiger partial charge on any atom is 0.416 e. The highest BCUT2D eigenvalue weighted by Crippen LogP contribution is 2.35. The van der Waals surface area contributed by atoms with Crippen molar-refractivity contribution in [2.45, 2.75) is 26.9 Å². The molecule has 0 bridgehead atoms. The van der Waals surface area contributed by atoms with Gasteiger partial charge in [0.25, 0.3) is 11.6 Å². The van der Waals surface area contributed by atoms with Gasteiger partial charge in [0.1, 0.15) is 11.4 Å². The molecule has 1 heterocycles. The lowest BCUT2D eigenvalue weighted by Crippen LogP contribution is -2.22. The van der Waals surface area contributed by atoms with Gasteiger partial charge in [-0.15, -0.1) is 0 Å². The van der Waals surface area contributed by atoms with E-state index in [0.29, 0.717) is 6.07 Å². The summed E-state index contributed by atoms with van der Waals surface area (Å²) in [6.45, 7) is 3.82. The minimum absolute atomic E-state index is 0.00126. The van der Waals surface area contributed by atoms with Gasteiger partial charge in [0.15, 0.2) is 6.61 Å². The number of amides is 1. The van der Waals surface area contributed by atoms with E-state index in [1.165, 1.54) is 13.8 Å². The molecule has 172 valence electrons. The van der Waals surface area contributed by atoms with Gasteiger partial charge in [0, 0.05) is 11.8 Å². The van der Waals surface area contributed by atoms with Crippen LogP contribution in [0, 0.1) is 24.0 Å². The third-order valence-corrected chi connectivity index (χ3v) is 4.25. The molecule has 0 aliphatic carbocycles. The smallest absolute Gasteiger partial charge is 0.416 e. The molecule has 2 rings (SSSR count). The molecule has 0 unspecified atom stereocenters. The number of aromatic amines is 1. The largest absolute Gasteiger partial charge is 0.461 e. The van der Waals surface area contributed by atoms with Crippen LogP contribution >= 0.6 is 0 Å². The number of ether oxygens (including phenoxy) is 2. The Labute approximate surface area is 178 Å². The minimum Gasteiger partial charge on any atom is -0.461 e. The third kappa shape index (κ3) is 5.42. The van der Waals surface area contributed by atoms with Crippen LogP contribution in [-0.4, -0.2) is 41.0 Å². The number of nitro benzene ring substituents is 1. The van der Waals surface area contributed by atoms with Crippen molar-refractivity contribution in [2.24, 2.45) is 0 Å². The molecule has 0 aliphatic rings. The van der Waals surface area contributed by atoms with Crippen LogP contribution in [0.15, 0.2) is 18.2 Å². The quantitative estimate of drug-likeness (QED) is 0.368. The highest BCUT2D eigenvalue weighted by atomic mass is 19.4. The fourth-order valence-electron chi connectivity index (χ4n) is 2.82. The van der Waals surface area contributed by atoms with Crippen LogP contribution < -0.4 is 5.32 Å². The lowest BCUT2D eigenvalue weighted by molar-refractivity contribution is -0.384. The molecule has 13 heteroatoms. The van der Waals surface area contributed by atoms with Crippen LogP contribution in [0.3, 0.4) is 0 Å². The van der Waals surface area contributed by atoms with E-state index in [2.05, 4.69) is 4.98 Å². The van der Waals surface area contributed by atoms with E-state index in [9.17, 15) is 37.7 Å². The molecule has 0 saturated carbocycles. The maximum atomic E-state index is 12.8. The first kappa shape index (κ1) is 24.4. The topological polar surface area (TPSA) is 141 Å². The minimum atomic E-state index is -4.81. The number of hydrogen-bond acceptors (Lipinski definition) is 7. The summed E-state index contributed by atoms with van der Waals surface area (Å²) in [5, 5.41) is 13.1. The van der Waals surface area contributed by atoms with E-state index in [0.717, 1.165) is 6.07 Å². The number of anilines is 1. The number of aryl methyl sites for hydroxylation is 1. The molecule has 1 aromatic carbocycles. The molecule has 0 radical (unpaired) electrons. The Hall–Kier alpha value is -3.90. The van der Waals surface area contributed by atoms with Gasteiger partial charge in [-0.2, -0.15) is 13.2 Å². The lowest BCUT2D eigenvalue weighted by Gasteiger charge is -2.10. The maximum absolute atomic E-state index is 12.8. The molecule has 1 aromatic heterocycles. The van der Waals surface area contributed by atoms with E-state index in [1.807, 2.05) is 5.32 Å². The molecular weight excluding hydrogens is 439 g/mol. The fraction of sp³-hybridized carbons (Fsp3) is 0.316. The number of carbonyl (C=O) groups is 3. The standard InChI is InChI=1S/C19H18F3N3O7/c1-4-31-18(28)16-9(2)15(10(3)23-16)17(27)32-8-14(26)24-12-6-5-11(19(20,21)22)7-13(12)25(29)30/h5-7,23H,4,8H2,1-3H3,(H,24,26). The summed E-state index contributed by atoms with van der Waals surface area (Å²) in [5.41, 5.74) is -2.16. The number of carbonyl (C=O) groups excluding carboxylic acids is 3. The number of H-pyrrole nitrogens is 1.